The standard InChI is InChI=1S/C21H31ClN4O.HI/c1-2-23-20(25-13-5-12-24-19(27)16-6-3-7-16)26-15-21(10-11-21)17-8-4-9-18(22)14-17;/h4,8-9,14,16H,2-3,5-7,10-13,15H2,1H3,(H,24,27)(H2,23,25,26);1H. The second-order valence-electron chi connectivity index (χ2n) is 7.69. The number of hydrogen-bond acceptors (Lipinski definition) is 2. The molecule has 3 N–H and O–H groups in total. The van der Waals surface area contributed by atoms with Crippen molar-refractivity contribution in [3.05, 3.63) is 34.9 Å². The van der Waals surface area contributed by atoms with E-state index in [2.05, 4.69) is 35.0 Å². The van der Waals surface area contributed by atoms with E-state index in [0.717, 1.165) is 62.7 Å². The summed E-state index contributed by atoms with van der Waals surface area (Å²) < 4.78 is 0. The van der Waals surface area contributed by atoms with E-state index < -0.39 is 0 Å². The molecule has 156 valence electrons. The number of amides is 1. The molecule has 0 atom stereocenters. The van der Waals surface area contributed by atoms with Crippen molar-refractivity contribution in [3.8, 4) is 0 Å². The SMILES string of the molecule is CCNC(=NCC1(c2cccc(Cl)c2)CC1)NCCCNC(=O)C1CCC1.I. The molecule has 0 heterocycles. The van der Waals surface area contributed by atoms with E-state index in [1.165, 1.54) is 12.0 Å². The zero-order valence-electron chi connectivity index (χ0n) is 16.6. The average molecular weight is 519 g/mol. The molecule has 0 unspecified atom stereocenters. The molecule has 28 heavy (non-hydrogen) atoms. The summed E-state index contributed by atoms with van der Waals surface area (Å²) >= 11 is 6.15. The maximum Gasteiger partial charge on any atom is 0.223 e. The smallest absolute Gasteiger partial charge is 0.223 e. The average Bonchev–Trinajstić information content (AvgIpc) is 3.39. The number of rotatable bonds is 9. The maximum atomic E-state index is 11.8. The summed E-state index contributed by atoms with van der Waals surface area (Å²) in [6.07, 6.45) is 6.50. The van der Waals surface area contributed by atoms with Crippen LogP contribution in [0.25, 0.3) is 0 Å². The van der Waals surface area contributed by atoms with Crippen LogP contribution in [0, 0.1) is 5.92 Å². The van der Waals surface area contributed by atoms with Gasteiger partial charge in [-0.15, -0.1) is 24.0 Å². The van der Waals surface area contributed by atoms with Crippen molar-refractivity contribution >= 4 is 47.4 Å². The van der Waals surface area contributed by atoms with E-state index in [1.54, 1.807) is 0 Å². The molecule has 1 aromatic carbocycles. The Morgan fingerprint density at radius 3 is 2.57 bits per heavy atom. The van der Waals surface area contributed by atoms with Gasteiger partial charge in [0, 0.05) is 36.0 Å². The molecule has 0 aromatic heterocycles. The molecule has 2 saturated carbocycles. The highest BCUT2D eigenvalue weighted by atomic mass is 127. The maximum absolute atomic E-state index is 11.8. The fourth-order valence-electron chi connectivity index (χ4n) is 3.40. The summed E-state index contributed by atoms with van der Waals surface area (Å²) in [6, 6.07) is 8.15. The van der Waals surface area contributed by atoms with Crippen LogP contribution in [0.4, 0.5) is 0 Å². The van der Waals surface area contributed by atoms with Gasteiger partial charge in [-0.3, -0.25) is 9.79 Å². The quantitative estimate of drug-likeness (QED) is 0.201. The third-order valence-electron chi connectivity index (χ3n) is 5.60. The number of carbonyl (C=O) groups excluding carboxylic acids is 1. The number of aliphatic imine (C=N–C) groups is 1. The van der Waals surface area contributed by atoms with Crippen molar-refractivity contribution in [2.75, 3.05) is 26.2 Å². The van der Waals surface area contributed by atoms with E-state index in [4.69, 9.17) is 16.6 Å². The van der Waals surface area contributed by atoms with Crippen molar-refractivity contribution in [1.29, 1.82) is 0 Å². The molecular weight excluding hydrogens is 487 g/mol. The fourth-order valence-corrected chi connectivity index (χ4v) is 3.59. The lowest BCUT2D eigenvalue weighted by Gasteiger charge is -2.24. The monoisotopic (exact) mass is 518 g/mol. The first-order chi connectivity index (χ1) is 13.1. The van der Waals surface area contributed by atoms with Crippen LogP contribution < -0.4 is 16.0 Å². The second kappa shape index (κ2) is 11.2. The van der Waals surface area contributed by atoms with Gasteiger partial charge in [-0.1, -0.05) is 30.2 Å². The first-order valence-electron chi connectivity index (χ1n) is 10.2. The highest BCUT2D eigenvalue weighted by molar-refractivity contribution is 14.0. The molecule has 3 rings (SSSR count). The Morgan fingerprint density at radius 1 is 1.21 bits per heavy atom. The summed E-state index contributed by atoms with van der Waals surface area (Å²) in [5.74, 6) is 1.33. The number of hydrogen-bond donors (Lipinski definition) is 3. The molecule has 0 aliphatic heterocycles. The lowest BCUT2D eigenvalue weighted by molar-refractivity contribution is -0.127. The van der Waals surface area contributed by atoms with Crippen molar-refractivity contribution in [1.82, 2.24) is 16.0 Å². The number of nitrogens with one attached hydrogen (secondary N) is 3. The van der Waals surface area contributed by atoms with Gasteiger partial charge >= 0.3 is 0 Å². The number of guanidine groups is 1. The van der Waals surface area contributed by atoms with Crippen LogP contribution in [0.5, 0.6) is 0 Å². The van der Waals surface area contributed by atoms with Crippen LogP contribution >= 0.6 is 35.6 Å². The largest absolute Gasteiger partial charge is 0.357 e. The van der Waals surface area contributed by atoms with Gasteiger partial charge in [-0.2, -0.15) is 0 Å². The number of nitrogens with zero attached hydrogens (tertiary/aromatic N) is 1. The third kappa shape index (κ3) is 6.51. The zero-order valence-corrected chi connectivity index (χ0v) is 19.7. The van der Waals surface area contributed by atoms with Crippen molar-refractivity contribution in [3.63, 3.8) is 0 Å². The zero-order chi connectivity index (χ0) is 19.1. The topological polar surface area (TPSA) is 65.5 Å². The predicted molar refractivity (Wildman–Crippen MR) is 127 cm³/mol. The van der Waals surface area contributed by atoms with Gasteiger partial charge in [0.05, 0.1) is 6.54 Å². The second-order valence-corrected chi connectivity index (χ2v) is 8.12. The van der Waals surface area contributed by atoms with Gasteiger partial charge in [-0.05, 0) is 56.7 Å². The molecular formula is C21H32ClIN4O. The first kappa shape index (κ1) is 23.3. The molecule has 0 spiro atoms. The summed E-state index contributed by atoms with van der Waals surface area (Å²) in [6.45, 7) is 5.17. The van der Waals surface area contributed by atoms with E-state index in [-0.39, 0.29) is 41.2 Å². The van der Waals surface area contributed by atoms with E-state index >= 15 is 0 Å². The van der Waals surface area contributed by atoms with Crippen LogP contribution in [0.2, 0.25) is 5.02 Å². The van der Waals surface area contributed by atoms with Crippen LogP contribution in [0.1, 0.15) is 51.0 Å². The van der Waals surface area contributed by atoms with E-state index in [0.29, 0.717) is 6.54 Å². The Kier molecular flexibility index (Phi) is 9.34. The highest BCUT2D eigenvalue weighted by Gasteiger charge is 2.44. The molecule has 2 aliphatic rings. The minimum absolute atomic E-state index is 0. The Hall–Kier alpha value is -1.02. The molecule has 1 amide bonds. The predicted octanol–water partition coefficient (Wildman–Crippen LogP) is 3.85. The fraction of sp³-hybridized carbons (Fsp3) is 0.619. The third-order valence-corrected chi connectivity index (χ3v) is 5.83. The van der Waals surface area contributed by atoms with Crippen LogP contribution in [0.15, 0.2) is 29.3 Å². The van der Waals surface area contributed by atoms with Gasteiger partial charge in [0.15, 0.2) is 5.96 Å². The normalized spacial score (nSPS) is 17.9. The van der Waals surface area contributed by atoms with Crippen LogP contribution in [-0.2, 0) is 10.2 Å². The molecule has 0 radical (unpaired) electrons. The summed E-state index contributed by atoms with van der Waals surface area (Å²) in [7, 11) is 0. The summed E-state index contributed by atoms with van der Waals surface area (Å²) in [5.41, 5.74) is 1.43. The number of halogens is 2. The van der Waals surface area contributed by atoms with Gasteiger partial charge in [0.25, 0.3) is 0 Å². The van der Waals surface area contributed by atoms with Crippen molar-refractivity contribution in [2.24, 2.45) is 10.9 Å². The molecule has 0 saturated heterocycles. The van der Waals surface area contributed by atoms with Crippen LogP contribution in [-0.4, -0.2) is 38.0 Å². The van der Waals surface area contributed by atoms with Gasteiger partial charge < -0.3 is 16.0 Å². The molecule has 1 aromatic rings. The van der Waals surface area contributed by atoms with E-state index in [9.17, 15) is 4.79 Å². The molecule has 2 fully saturated rings. The first-order valence-corrected chi connectivity index (χ1v) is 10.6. The Bertz CT molecular complexity index is 674. The highest BCUT2D eigenvalue weighted by Crippen LogP contribution is 2.48. The van der Waals surface area contributed by atoms with Gasteiger partial charge in [-0.25, -0.2) is 0 Å². The number of benzene rings is 1. The van der Waals surface area contributed by atoms with Gasteiger partial charge in [0.1, 0.15) is 0 Å². The summed E-state index contributed by atoms with van der Waals surface area (Å²) in [4.78, 5) is 16.6. The lowest BCUT2D eigenvalue weighted by atomic mass is 9.85. The molecule has 0 bridgehead atoms. The lowest BCUT2D eigenvalue weighted by Crippen LogP contribution is -2.40. The Labute approximate surface area is 190 Å². The Balaban J connectivity index is 0.00000280. The van der Waals surface area contributed by atoms with Crippen LogP contribution in [0.3, 0.4) is 0 Å². The van der Waals surface area contributed by atoms with Crippen molar-refractivity contribution in [2.45, 2.75) is 50.9 Å². The minimum Gasteiger partial charge on any atom is -0.357 e. The Morgan fingerprint density at radius 2 is 1.96 bits per heavy atom. The molecule has 5 nitrogen and oxygen atoms in total. The number of carbonyl (C=O) groups is 1. The van der Waals surface area contributed by atoms with Crippen molar-refractivity contribution < 1.29 is 4.79 Å². The van der Waals surface area contributed by atoms with E-state index in [1.807, 2.05) is 12.1 Å². The molecule has 7 heteroatoms. The molecule has 2 aliphatic carbocycles. The minimum atomic E-state index is 0. The summed E-state index contributed by atoms with van der Waals surface area (Å²) in [5, 5.41) is 10.5. The van der Waals surface area contributed by atoms with Gasteiger partial charge in [0.2, 0.25) is 5.91 Å².